The molecule has 6 nitrogen and oxygen atoms in total. The summed E-state index contributed by atoms with van der Waals surface area (Å²) in [5.74, 6) is -0.442. The number of carbonyl (C=O) groups is 1. The summed E-state index contributed by atoms with van der Waals surface area (Å²) >= 11 is 1.13. The van der Waals surface area contributed by atoms with E-state index in [0.717, 1.165) is 27.8 Å². The largest absolute Gasteiger partial charge is 0.321 e. The van der Waals surface area contributed by atoms with E-state index in [-0.39, 0.29) is 9.77 Å². The Balaban J connectivity index is 1.44. The molecule has 0 radical (unpaired) electrons. The number of anilines is 1. The van der Waals surface area contributed by atoms with Gasteiger partial charge in [-0.15, -0.1) is 11.3 Å². The zero-order chi connectivity index (χ0) is 21.4. The Hall–Kier alpha value is -3.07. The zero-order valence-corrected chi connectivity index (χ0v) is 18.1. The van der Waals surface area contributed by atoms with Crippen molar-refractivity contribution in [2.24, 2.45) is 0 Å². The Morgan fingerprint density at radius 3 is 2.71 bits per heavy atom. The Kier molecular flexibility index (Phi) is 5.05. The first-order valence-corrected chi connectivity index (χ1v) is 12.2. The van der Waals surface area contributed by atoms with E-state index >= 15 is 0 Å². The second-order valence-corrected chi connectivity index (χ2v) is 10.1. The Labute approximate surface area is 184 Å². The van der Waals surface area contributed by atoms with Gasteiger partial charge in [0.2, 0.25) is 10.0 Å². The monoisotopic (exact) mass is 449 g/mol. The molecule has 1 N–H and O–H groups in total. The van der Waals surface area contributed by atoms with Crippen molar-refractivity contribution in [2.75, 3.05) is 11.9 Å². The lowest BCUT2D eigenvalue weighted by Gasteiger charge is -2.28. The van der Waals surface area contributed by atoms with Crippen LogP contribution in [-0.2, 0) is 23.0 Å². The van der Waals surface area contributed by atoms with Gasteiger partial charge in [-0.3, -0.25) is 9.78 Å². The van der Waals surface area contributed by atoms with Gasteiger partial charge in [0, 0.05) is 24.7 Å². The van der Waals surface area contributed by atoms with Crippen LogP contribution in [0, 0.1) is 0 Å². The summed E-state index contributed by atoms with van der Waals surface area (Å²) < 4.78 is 28.2. The maximum Gasteiger partial charge on any atom is 0.267 e. The molecule has 0 bridgehead atoms. The lowest BCUT2D eigenvalue weighted by atomic mass is 10.0. The van der Waals surface area contributed by atoms with Gasteiger partial charge in [-0.2, -0.15) is 4.31 Å². The highest BCUT2D eigenvalue weighted by Crippen LogP contribution is 2.30. The summed E-state index contributed by atoms with van der Waals surface area (Å²) in [7, 11) is -3.80. The maximum atomic E-state index is 13.4. The molecule has 8 heteroatoms. The van der Waals surface area contributed by atoms with Gasteiger partial charge in [0.05, 0.1) is 11.2 Å². The van der Waals surface area contributed by atoms with Gasteiger partial charge in [0.15, 0.2) is 0 Å². The van der Waals surface area contributed by atoms with Crippen molar-refractivity contribution in [3.8, 4) is 0 Å². The maximum absolute atomic E-state index is 13.4. The molecular formula is C23H19N3O3S2. The van der Waals surface area contributed by atoms with Crippen LogP contribution in [0.5, 0.6) is 0 Å². The standard InChI is InChI=1S/C23H19N3O3S2/c27-23(25-20-9-3-8-19-18(20)7-4-12-24-19)22-21(11-14-30-22)31(28,29)26-13-10-16-5-1-2-6-17(16)15-26/h1-9,11-12,14H,10,13,15H2,(H,25,27). The minimum atomic E-state index is -3.80. The van der Waals surface area contributed by atoms with E-state index < -0.39 is 15.9 Å². The smallest absolute Gasteiger partial charge is 0.267 e. The Bertz CT molecular complexity index is 1390. The number of fused-ring (bicyclic) bond motifs is 2. The predicted molar refractivity (Wildman–Crippen MR) is 122 cm³/mol. The first-order chi connectivity index (χ1) is 15.0. The SMILES string of the molecule is O=C(Nc1cccc2ncccc12)c1sccc1S(=O)(=O)N1CCc2ccccc2C1. The number of rotatable bonds is 4. The molecule has 0 atom stereocenters. The lowest BCUT2D eigenvalue weighted by Crippen LogP contribution is -2.36. The number of benzene rings is 2. The number of hydrogen-bond acceptors (Lipinski definition) is 5. The van der Waals surface area contributed by atoms with E-state index in [0.29, 0.717) is 25.2 Å². The van der Waals surface area contributed by atoms with E-state index in [1.165, 1.54) is 15.9 Å². The highest BCUT2D eigenvalue weighted by Gasteiger charge is 2.32. The average molecular weight is 450 g/mol. The van der Waals surface area contributed by atoms with Gasteiger partial charge in [-0.25, -0.2) is 8.42 Å². The molecule has 4 aromatic rings. The van der Waals surface area contributed by atoms with Crippen molar-refractivity contribution < 1.29 is 13.2 Å². The normalized spacial score (nSPS) is 14.3. The number of thiophene rings is 1. The lowest BCUT2D eigenvalue weighted by molar-refractivity contribution is 0.102. The summed E-state index contributed by atoms with van der Waals surface area (Å²) in [5.41, 5.74) is 3.52. The first kappa shape index (κ1) is 19.9. The van der Waals surface area contributed by atoms with Gasteiger partial charge in [-0.05, 0) is 53.3 Å². The van der Waals surface area contributed by atoms with Crippen molar-refractivity contribution in [2.45, 2.75) is 17.9 Å². The fourth-order valence-corrected chi connectivity index (χ4v) is 6.59. The summed E-state index contributed by atoms with van der Waals surface area (Å²) in [4.78, 5) is 17.6. The molecule has 0 saturated heterocycles. The van der Waals surface area contributed by atoms with E-state index in [1.54, 1.807) is 23.7 Å². The van der Waals surface area contributed by atoms with Crippen molar-refractivity contribution >= 4 is 43.9 Å². The molecule has 2 aromatic heterocycles. The Morgan fingerprint density at radius 2 is 1.84 bits per heavy atom. The van der Waals surface area contributed by atoms with E-state index in [4.69, 9.17) is 0 Å². The molecule has 1 aliphatic rings. The predicted octanol–water partition coefficient (Wildman–Crippen LogP) is 4.30. The molecule has 0 saturated carbocycles. The number of sulfonamides is 1. The highest BCUT2D eigenvalue weighted by molar-refractivity contribution is 7.89. The molecule has 1 amide bonds. The van der Waals surface area contributed by atoms with Crippen molar-refractivity contribution in [3.63, 3.8) is 0 Å². The molecular weight excluding hydrogens is 430 g/mol. The zero-order valence-electron chi connectivity index (χ0n) is 16.5. The highest BCUT2D eigenvalue weighted by atomic mass is 32.2. The van der Waals surface area contributed by atoms with Crippen molar-refractivity contribution in [3.05, 3.63) is 88.2 Å². The molecule has 0 fully saturated rings. The third-order valence-corrected chi connectivity index (χ3v) is 8.37. The van der Waals surface area contributed by atoms with Gasteiger partial charge in [0.25, 0.3) is 5.91 Å². The van der Waals surface area contributed by atoms with Crippen LogP contribution >= 0.6 is 11.3 Å². The molecule has 2 aromatic carbocycles. The molecule has 156 valence electrons. The van der Waals surface area contributed by atoms with Crippen LogP contribution in [0.1, 0.15) is 20.8 Å². The number of hydrogen-bond donors (Lipinski definition) is 1. The van der Waals surface area contributed by atoms with Gasteiger partial charge in [-0.1, -0.05) is 30.3 Å². The van der Waals surface area contributed by atoms with E-state index in [2.05, 4.69) is 10.3 Å². The van der Waals surface area contributed by atoms with Crippen molar-refractivity contribution in [1.82, 2.24) is 9.29 Å². The second-order valence-electron chi connectivity index (χ2n) is 7.30. The van der Waals surface area contributed by atoms with Crippen LogP contribution in [0.15, 0.2) is 77.1 Å². The number of nitrogens with one attached hydrogen (secondary N) is 1. The average Bonchev–Trinajstić information content (AvgIpc) is 3.30. The summed E-state index contributed by atoms with van der Waals surface area (Å²) in [6, 6.07) is 18.5. The molecule has 0 unspecified atom stereocenters. The Morgan fingerprint density at radius 1 is 1.00 bits per heavy atom. The van der Waals surface area contributed by atoms with Gasteiger partial charge < -0.3 is 5.32 Å². The molecule has 0 aliphatic carbocycles. The van der Waals surface area contributed by atoms with Gasteiger partial charge in [0.1, 0.15) is 9.77 Å². The summed E-state index contributed by atoms with van der Waals surface area (Å²) in [6.07, 6.45) is 2.35. The van der Waals surface area contributed by atoms with Crippen LogP contribution in [-0.4, -0.2) is 30.2 Å². The fourth-order valence-electron chi connectivity index (χ4n) is 3.87. The number of amides is 1. The molecule has 1 aliphatic heterocycles. The number of aromatic nitrogens is 1. The van der Waals surface area contributed by atoms with Gasteiger partial charge >= 0.3 is 0 Å². The third-order valence-electron chi connectivity index (χ3n) is 5.44. The quantitative estimate of drug-likeness (QED) is 0.504. The minimum absolute atomic E-state index is 0.0488. The van der Waals surface area contributed by atoms with Crippen molar-refractivity contribution in [1.29, 1.82) is 0 Å². The second kappa shape index (κ2) is 7.88. The van der Waals surface area contributed by atoms with E-state index in [1.807, 2.05) is 42.5 Å². The number of carbonyl (C=O) groups excluding carboxylic acids is 1. The first-order valence-electron chi connectivity index (χ1n) is 9.83. The minimum Gasteiger partial charge on any atom is -0.321 e. The number of pyridine rings is 1. The molecule has 0 spiro atoms. The molecule has 5 rings (SSSR count). The van der Waals surface area contributed by atoms with E-state index in [9.17, 15) is 13.2 Å². The molecule has 3 heterocycles. The fraction of sp³-hybridized carbons (Fsp3) is 0.130. The van der Waals surface area contributed by atoms with Crippen LogP contribution < -0.4 is 5.32 Å². The van der Waals surface area contributed by atoms with Crippen LogP contribution in [0.2, 0.25) is 0 Å². The summed E-state index contributed by atoms with van der Waals surface area (Å²) in [5, 5.41) is 5.31. The number of nitrogens with zero attached hydrogens (tertiary/aromatic N) is 2. The molecule has 31 heavy (non-hydrogen) atoms. The summed E-state index contributed by atoms with van der Waals surface area (Å²) in [6.45, 7) is 0.704. The third kappa shape index (κ3) is 3.63. The van der Waals surface area contributed by atoms with Crippen LogP contribution in [0.25, 0.3) is 10.9 Å². The topological polar surface area (TPSA) is 79.4 Å². The van der Waals surface area contributed by atoms with Crippen LogP contribution in [0.3, 0.4) is 0 Å². The van der Waals surface area contributed by atoms with Crippen LogP contribution in [0.4, 0.5) is 5.69 Å².